The third kappa shape index (κ3) is 4.27. The number of rotatable bonds is 6. The number of hydrogen-bond donors (Lipinski definition) is 2. The average Bonchev–Trinajstić information content (AvgIpc) is 2.48. The first kappa shape index (κ1) is 15.5. The smallest absolute Gasteiger partial charge is 0.158 e. The fourth-order valence-corrected chi connectivity index (χ4v) is 1.85. The summed E-state index contributed by atoms with van der Waals surface area (Å²) in [5.74, 6) is 1.33. The van der Waals surface area contributed by atoms with Gasteiger partial charge in [0, 0.05) is 25.4 Å². The average molecular weight is 311 g/mol. The number of halogens is 2. The van der Waals surface area contributed by atoms with Crippen molar-refractivity contribution in [2.75, 3.05) is 24.3 Å². The van der Waals surface area contributed by atoms with E-state index in [1.807, 2.05) is 6.92 Å². The van der Waals surface area contributed by atoms with E-state index in [9.17, 15) is 4.39 Å². The fourth-order valence-electron chi connectivity index (χ4n) is 1.67. The zero-order valence-electron chi connectivity index (χ0n) is 11.8. The monoisotopic (exact) mass is 310 g/mol. The summed E-state index contributed by atoms with van der Waals surface area (Å²) >= 11 is 5.76. The van der Waals surface area contributed by atoms with Gasteiger partial charge in [0.25, 0.3) is 0 Å². The van der Waals surface area contributed by atoms with Crippen LogP contribution in [0.2, 0.25) is 5.02 Å². The Hall–Kier alpha value is -1.92. The first-order chi connectivity index (χ1) is 10.1. The third-order valence-corrected chi connectivity index (χ3v) is 2.95. The quantitative estimate of drug-likeness (QED) is 0.854. The zero-order chi connectivity index (χ0) is 15.2. The molecular weight excluding hydrogens is 295 g/mol. The minimum atomic E-state index is -0.460. The Kier molecular flexibility index (Phi) is 5.30. The van der Waals surface area contributed by atoms with Crippen molar-refractivity contribution in [3.8, 4) is 0 Å². The Balaban J connectivity index is 2.23. The van der Waals surface area contributed by atoms with Gasteiger partial charge in [0.05, 0.1) is 5.02 Å². The van der Waals surface area contributed by atoms with Gasteiger partial charge in [-0.3, -0.25) is 0 Å². The van der Waals surface area contributed by atoms with Gasteiger partial charge in [0.15, 0.2) is 5.82 Å². The van der Waals surface area contributed by atoms with Crippen LogP contribution in [-0.2, 0) is 11.3 Å². The molecule has 0 aliphatic heterocycles. The van der Waals surface area contributed by atoms with Crippen LogP contribution in [0.4, 0.5) is 21.7 Å². The second kappa shape index (κ2) is 7.19. The highest BCUT2D eigenvalue weighted by Gasteiger charge is 2.06. The summed E-state index contributed by atoms with van der Waals surface area (Å²) in [4.78, 5) is 8.63. The molecule has 1 aromatic heterocycles. The van der Waals surface area contributed by atoms with E-state index in [4.69, 9.17) is 16.3 Å². The van der Waals surface area contributed by atoms with Gasteiger partial charge in [-0.1, -0.05) is 11.6 Å². The zero-order valence-corrected chi connectivity index (χ0v) is 12.5. The van der Waals surface area contributed by atoms with Gasteiger partial charge in [-0.05, 0) is 25.1 Å². The molecule has 0 amide bonds. The molecule has 0 unspecified atom stereocenters. The van der Waals surface area contributed by atoms with Gasteiger partial charge in [0.2, 0.25) is 0 Å². The van der Waals surface area contributed by atoms with Gasteiger partial charge >= 0.3 is 0 Å². The molecule has 1 aromatic carbocycles. The molecule has 0 saturated heterocycles. The molecule has 2 N–H and O–H groups in total. The van der Waals surface area contributed by atoms with Crippen molar-refractivity contribution in [1.29, 1.82) is 0 Å². The molecule has 7 heteroatoms. The van der Waals surface area contributed by atoms with Crippen LogP contribution in [0.3, 0.4) is 0 Å². The number of hydrogen-bond acceptors (Lipinski definition) is 5. The number of nitrogens with one attached hydrogen (secondary N) is 2. The van der Waals surface area contributed by atoms with Gasteiger partial charge < -0.3 is 15.4 Å². The van der Waals surface area contributed by atoms with Crippen LogP contribution in [0.5, 0.6) is 0 Å². The largest absolute Gasteiger partial charge is 0.374 e. The third-order valence-electron chi connectivity index (χ3n) is 2.66. The maximum Gasteiger partial charge on any atom is 0.158 e. The summed E-state index contributed by atoms with van der Waals surface area (Å²) in [6.45, 7) is 2.82. The standard InChI is InChI=1S/C14H16ClFN4O/c1-3-21-8-14-19-12(17-2)7-13(20-14)18-9-4-5-11(16)10(15)6-9/h4-7H,3,8H2,1-2H3,(H2,17,18,19,20). The molecule has 0 fully saturated rings. The topological polar surface area (TPSA) is 59.1 Å². The number of anilines is 3. The molecular formula is C14H16ClFN4O. The predicted octanol–water partition coefficient (Wildman–Crippen LogP) is 3.59. The molecule has 0 radical (unpaired) electrons. The highest BCUT2D eigenvalue weighted by atomic mass is 35.5. The molecule has 21 heavy (non-hydrogen) atoms. The Morgan fingerprint density at radius 1 is 1.24 bits per heavy atom. The van der Waals surface area contributed by atoms with E-state index in [2.05, 4.69) is 20.6 Å². The molecule has 0 saturated carbocycles. The molecule has 0 spiro atoms. The SMILES string of the molecule is CCOCc1nc(NC)cc(Nc2ccc(F)c(Cl)c2)n1. The molecule has 112 valence electrons. The van der Waals surface area contributed by atoms with Crippen molar-refractivity contribution >= 4 is 28.9 Å². The molecule has 0 aliphatic carbocycles. The summed E-state index contributed by atoms with van der Waals surface area (Å²) in [5.41, 5.74) is 0.643. The minimum Gasteiger partial charge on any atom is -0.374 e. The van der Waals surface area contributed by atoms with Crippen LogP contribution in [0, 0.1) is 5.82 Å². The van der Waals surface area contributed by atoms with Gasteiger partial charge in [-0.2, -0.15) is 0 Å². The summed E-state index contributed by atoms with van der Waals surface area (Å²) in [6, 6.07) is 6.13. The molecule has 2 aromatic rings. The van der Waals surface area contributed by atoms with Crippen molar-refractivity contribution in [2.24, 2.45) is 0 Å². The molecule has 2 rings (SSSR count). The molecule has 0 bridgehead atoms. The Morgan fingerprint density at radius 3 is 2.67 bits per heavy atom. The van der Waals surface area contributed by atoms with Crippen molar-refractivity contribution < 1.29 is 9.13 Å². The second-order valence-electron chi connectivity index (χ2n) is 4.20. The van der Waals surface area contributed by atoms with E-state index in [1.54, 1.807) is 19.2 Å². The van der Waals surface area contributed by atoms with Crippen LogP contribution in [0.1, 0.15) is 12.7 Å². The first-order valence-electron chi connectivity index (χ1n) is 6.48. The van der Waals surface area contributed by atoms with E-state index < -0.39 is 5.82 Å². The lowest BCUT2D eigenvalue weighted by molar-refractivity contribution is 0.128. The molecule has 5 nitrogen and oxygen atoms in total. The maximum absolute atomic E-state index is 13.1. The van der Waals surface area contributed by atoms with E-state index >= 15 is 0 Å². The van der Waals surface area contributed by atoms with Gasteiger partial charge in [0.1, 0.15) is 24.1 Å². The van der Waals surface area contributed by atoms with E-state index in [0.29, 0.717) is 36.4 Å². The van der Waals surface area contributed by atoms with Crippen LogP contribution in [0.15, 0.2) is 24.3 Å². The van der Waals surface area contributed by atoms with Crippen molar-refractivity contribution in [1.82, 2.24) is 9.97 Å². The lowest BCUT2D eigenvalue weighted by Crippen LogP contribution is -2.05. The lowest BCUT2D eigenvalue weighted by Gasteiger charge is -2.10. The molecule has 1 heterocycles. The van der Waals surface area contributed by atoms with Gasteiger partial charge in [-0.25, -0.2) is 14.4 Å². The number of benzene rings is 1. The minimum absolute atomic E-state index is 0.0532. The molecule has 0 aliphatic rings. The summed E-state index contributed by atoms with van der Waals surface area (Å²) < 4.78 is 18.5. The lowest BCUT2D eigenvalue weighted by atomic mass is 10.3. The van der Waals surface area contributed by atoms with Crippen molar-refractivity contribution in [3.63, 3.8) is 0 Å². The Labute approximate surface area is 127 Å². The van der Waals surface area contributed by atoms with E-state index in [0.717, 1.165) is 0 Å². The number of nitrogens with zero attached hydrogens (tertiary/aromatic N) is 2. The Bertz CT molecular complexity index is 624. The maximum atomic E-state index is 13.1. The molecule has 0 atom stereocenters. The first-order valence-corrected chi connectivity index (χ1v) is 6.85. The fraction of sp³-hybridized carbons (Fsp3) is 0.286. The second-order valence-corrected chi connectivity index (χ2v) is 4.60. The summed E-state index contributed by atoms with van der Waals surface area (Å²) in [7, 11) is 1.77. The number of ether oxygens (including phenoxy) is 1. The predicted molar refractivity (Wildman–Crippen MR) is 81.6 cm³/mol. The van der Waals surface area contributed by atoms with Crippen LogP contribution in [-0.4, -0.2) is 23.6 Å². The highest BCUT2D eigenvalue weighted by molar-refractivity contribution is 6.31. The summed E-state index contributed by atoms with van der Waals surface area (Å²) in [6.07, 6.45) is 0. The number of aromatic nitrogens is 2. The highest BCUT2D eigenvalue weighted by Crippen LogP contribution is 2.23. The van der Waals surface area contributed by atoms with E-state index in [1.165, 1.54) is 12.1 Å². The van der Waals surface area contributed by atoms with Crippen molar-refractivity contribution in [3.05, 3.63) is 40.9 Å². The van der Waals surface area contributed by atoms with Crippen LogP contribution >= 0.6 is 11.6 Å². The van der Waals surface area contributed by atoms with Crippen LogP contribution in [0.25, 0.3) is 0 Å². The van der Waals surface area contributed by atoms with Crippen molar-refractivity contribution in [2.45, 2.75) is 13.5 Å². The van der Waals surface area contributed by atoms with Gasteiger partial charge in [-0.15, -0.1) is 0 Å². The summed E-state index contributed by atoms with van der Waals surface area (Å²) in [5, 5.41) is 6.08. The van der Waals surface area contributed by atoms with Crippen LogP contribution < -0.4 is 10.6 Å². The van der Waals surface area contributed by atoms with E-state index in [-0.39, 0.29) is 5.02 Å². The normalized spacial score (nSPS) is 10.5. The Morgan fingerprint density at radius 2 is 2.00 bits per heavy atom.